The van der Waals surface area contributed by atoms with Crippen LogP contribution in [0.5, 0.6) is 0 Å². The Morgan fingerprint density at radius 2 is 2.33 bits per heavy atom. The highest BCUT2D eigenvalue weighted by Gasteiger charge is 2.09. The molecule has 0 fully saturated rings. The van der Waals surface area contributed by atoms with E-state index in [4.69, 9.17) is 29.6 Å². The van der Waals surface area contributed by atoms with Gasteiger partial charge >= 0.3 is 0 Å². The third kappa shape index (κ3) is 2.04. The summed E-state index contributed by atoms with van der Waals surface area (Å²) in [4.78, 5) is 4.34. The fourth-order valence-corrected chi connectivity index (χ4v) is 2.59. The van der Waals surface area contributed by atoms with Gasteiger partial charge in [-0.15, -0.1) is 11.3 Å². The monoisotopic (exact) mass is 257 g/mol. The van der Waals surface area contributed by atoms with Gasteiger partial charge in [-0.05, 0) is 31.3 Å². The van der Waals surface area contributed by atoms with E-state index in [2.05, 4.69) is 10.3 Å². The highest BCUT2D eigenvalue weighted by Crippen LogP contribution is 2.34. The fraction of sp³-hybridized carbons (Fsp3) is 0.111. The van der Waals surface area contributed by atoms with E-state index in [0.29, 0.717) is 5.02 Å². The molecule has 2 aromatic rings. The maximum Gasteiger partial charge on any atom is 0.168 e. The predicted molar refractivity (Wildman–Crippen MR) is 69.8 cm³/mol. The number of halogens is 1. The molecule has 0 atom stereocenters. The molecule has 1 aromatic heterocycles. The van der Waals surface area contributed by atoms with E-state index in [1.165, 1.54) is 0 Å². The van der Waals surface area contributed by atoms with Crippen LogP contribution >= 0.6 is 35.2 Å². The van der Waals surface area contributed by atoms with Gasteiger partial charge in [0, 0.05) is 0 Å². The average molecular weight is 258 g/mol. The van der Waals surface area contributed by atoms with Crippen molar-refractivity contribution in [3.8, 4) is 0 Å². The fourth-order valence-electron chi connectivity index (χ4n) is 1.30. The van der Waals surface area contributed by atoms with Crippen LogP contribution < -0.4 is 11.1 Å². The second kappa shape index (κ2) is 3.92. The molecule has 3 N–H and O–H groups in total. The number of nitrogens with two attached hydrogens (primary N) is 1. The van der Waals surface area contributed by atoms with E-state index < -0.39 is 0 Å². The van der Waals surface area contributed by atoms with Gasteiger partial charge in [-0.1, -0.05) is 11.6 Å². The quantitative estimate of drug-likeness (QED) is 0.772. The molecule has 0 unspecified atom stereocenters. The van der Waals surface area contributed by atoms with Crippen LogP contribution in [0.15, 0.2) is 12.1 Å². The largest absolute Gasteiger partial charge is 0.376 e. The number of hydrogen-bond acceptors (Lipinski definition) is 3. The molecule has 6 heteroatoms. The number of thiazole rings is 1. The van der Waals surface area contributed by atoms with Crippen molar-refractivity contribution >= 4 is 56.2 Å². The standard InChI is InChI=1S/C9H8ClN3S2/c1-4-12-6-3-2-5(13-9(11)14)7(10)8(6)15-4/h2-3H,1H3,(H3,11,13,14). The first-order valence-corrected chi connectivity index (χ1v) is 5.80. The van der Waals surface area contributed by atoms with Crippen molar-refractivity contribution in [3.63, 3.8) is 0 Å². The lowest BCUT2D eigenvalue weighted by atomic mass is 10.3. The van der Waals surface area contributed by atoms with Gasteiger partial charge in [-0.2, -0.15) is 0 Å². The van der Waals surface area contributed by atoms with Crippen molar-refractivity contribution < 1.29 is 0 Å². The topological polar surface area (TPSA) is 50.9 Å². The number of anilines is 1. The van der Waals surface area contributed by atoms with Crippen LogP contribution in [0.3, 0.4) is 0 Å². The van der Waals surface area contributed by atoms with Crippen LogP contribution in [0, 0.1) is 6.92 Å². The normalized spacial score (nSPS) is 10.5. The molecule has 0 aliphatic carbocycles. The zero-order valence-electron chi connectivity index (χ0n) is 7.87. The molecule has 3 nitrogen and oxygen atoms in total. The van der Waals surface area contributed by atoms with Gasteiger partial charge < -0.3 is 11.1 Å². The van der Waals surface area contributed by atoms with Gasteiger partial charge in [-0.25, -0.2) is 4.98 Å². The van der Waals surface area contributed by atoms with Crippen LogP contribution in [-0.4, -0.2) is 10.1 Å². The van der Waals surface area contributed by atoms with E-state index >= 15 is 0 Å². The lowest BCUT2D eigenvalue weighted by Gasteiger charge is -2.05. The molecule has 15 heavy (non-hydrogen) atoms. The minimum Gasteiger partial charge on any atom is -0.376 e. The third-order valence-electron chi connectivity index (χ3n) is 1.86. The van der Waals surface area contributed by atoms with Crippen molar-refractivity contribution in [1.29, 1.82) is 0 Å². The smallest absolute Gasteiger partial charge is 0.168 e. The minimum absolute atomic E-state index is 0.206. The molecule has 0 bridgehead atoms. The Morgan fingerprint density at radius 1 is 1.60 bits per heavy atom. The molecule has 0 saturated carbocycles. The first-order valence-electron chi connectivity index (χ1n) is 4.20. The van der Waals surface area contributed by atoms with Crippen LogP contribution in [0.2, 0.25) is 5.02 Å². The number of fused-ring (bicyclic) bond motifs is 1. The Morgan fingerprint density at radius 3 is 3.00 bits per heavy atom. The van der Waals surface area contributed by atoms with Gasteiger partial charge in [0.1, 0.15) is 0 Å². The number of aromatic nitrogens is 1. The molecule has 0 spiro atoms. The highest BCUT2D eigenvalue weighted by atomic mass is 35.5. The van der Waals surface area contributed by atoms with Gasteiger partial charge in [0.15, 0.2) is 5.11 Å². The molecule has 0 radical (unpaired) electrons. The summed E-state index contributed by atoms with van der Waals surface area (Å²) >= 11 is 12.5. The second-order valence-electron chi connectivity index (χ2n) is 3.00. The van der Waals surface area contributed by atoms with E-state index in [0.717, 1.165) is 20.9 Å². The molecular formula is C9H8ClN3S2. The number of nitrogens with one attached hydrogen (secondary N) is 1. The number of nitrogens with zero attached hydrogens (tertiary/aromatic N) is 1. The number of rotatable bonds is 1. The van der Waals surface area contributed by atoms with E-state index in [-0.39, 0.29) is 5.11 Å². The molecule has 78 valence electrons. The van der Waals surface area contributed by atoms with Crippen molar-refractivity contribution in [2.75, 3.05) is 5.32 Å². The van der Waals surface area contributed by atoms with E-state index in [1.54, 1.807) is 11.3 Å². The molecule has 2 rings (SSSR count). The van der Waals surface area contributed by atoms with E-state index in [1.807, 2.05) is 19.1 Å². The summed E-state index contributed by atoms with van der Waals surface area (Å²) in [5.41, 5.74) is 7.01. The summed E-state index contributed by atoms with van der Waals surface area (Å²) in [5.74, 6) is 0. The summed E-state index contributed by atoms with van der Waals surface area (Å²) in [6, 6.07) is 3.72. The maximum atomic E-state index is 6.19. The van der Waals surface area contributed by atoms with Crippen LogP contribution in [0.1, 0.15) is 5.01 Å². The van der Waals surface area contributed by atoms with Gasteiger partial charge in [0.2, 0.25) is 0 Å². The summed E-state index contributed by atoms with van der Waals surface area (Å²) in [5, 5.41) is 4.64. The first-order chi connectivity index (χ1) is 7.08. The lowest BCUT2D eigenvalue weighted by molar-refractivity contribution is 1.35. The predicted octanol–water partition coefficient (Wildman–Crippen LogP) is 2.91. The average Bonchev–Trinajstić information content (AvgIpc) is 2.51. The molecule has 0 saturated heterocycles. The van der Waals surface area contributed by atoms with Gasteiger partial charge in [0.25, 0.3) is 0 Å². The third-order valence-corrected chi connectivity index (χ3v) is 3.47. The van der Waals surface area contributed by atoms with Crippen molar-refractivity contribution in [2.24, 2.45) is 5.73 Å². The number of aryl methyl sites for hydroxylation is 1. The highest BCUT2D eigenvalue weighted by molar-refractivity contribution is 7.80. The Balaban J connectivity index is 2.58. The van der Waals surface area contributed by atoms with Gasteiger partial charge in [-0.3, -0.25) is 0 Å². The van der Waals surface area contributed by atoms with Crippen molar-refractivity contribution in [2.45, 2.75) is 6.92 Å². The molecule has 1 aromatic carbocycles. The van der Waals surface area contributed by atoms with Gasteiger partial charge in [0.05, 0.1) is 25.9 Å². The summed E-state index contributed by atoms with van der Waals surface area (Å²) < 4.78 is 0.954. The Bertz CT molecular complexity index is 535. The Kier molecular flexibility index (Phi) is 2.77. The number of thiocarbonyl (C=S) groups is 1. The lowest BCUT2D eigenvalue weighted by Crippen LogP contribution is -2.19. The van der Waals surface area contributed by atoms with Crippen molar-refractivity contribution in [1.82, 2.24) is 4.98 Å². The van der Waals surface area contributed by atoms with Crippen LogP contribution in [0.25, 0.3) is 10.2 Å². The van der Waals surface area contributed by atoms with Crippen molar-refractivity contribution in [3.05, 3.63) is 22.2 Å². The number of hydrogen-bond donors (Lipinski definition) is 2. The Labute approximate surface area is 101 Å². The summed E-state index contributed by atoms with van der Waals surface area (Å²) in [6.07, 6.45) is 0. The minimum atomic E-state index is 0.206. The molecular weight excluding hydrogens is 250 g/mol. The molecule has 1 heterocycles. The molecule has 0 amide bonds. The maximum absolute atomic E-state index is 6.19. The SMILES string of the molecule is Cc1nc2ccc(NC(N)=S)c(Cl)c2s1. The Hall–Kier alpha value is -0.910. The zero-order chi connectivity index (χ0) is 11.0. The first kappa shape index (κ1) is 10.6. The zero-order valence-corrected chi connectivity index (χ0v) is 10.3. The number of benzene rings is 1. The van der Waals surface area contributed by atoms with Crippen LogP contribution in [0.4, 0.5) is 5.69 Å². The second-order valence-corrected chi connectivity index (χ2v) is 5.02. The summed E-state index contributed by atoms with van der Waals surface area (Å²) in [6.45, 7) is 1.95. The molecule has 0 aliphatic rings. The summed E-state index contributed by atoms with van der Waals surface area (Å²) in [7, 11) is 0. The van der Waals surface area contributed by atoms with Crippen LogP contribution in [-0.2, 0) is 0 Å². The molecule has 0 aliphatic heterocycles. The van der Waals surface area contributed by atoms with E-state index in [9.17, 15) is 0 Å².